The molecule has 0 aliphatic carbocycles. The van der Waals surface area contributed by atoms with Gasteiger partial charge in [-0.2, -0.15) is 0 Å². The molecule has 1 rings (SSSR count). The zero-order chi connectivity index (χ0) is 15.1. The van der Waals surface area contributed by atoms with E-state index in [0.717, 1.165) is 26.1 Å². The summed E-state index contributed by atoms with van der Waals surface area (Å²) in [6.07, 6.45) is 1.45. The van der Waals surface area contributed by atoms with Gasteiger partial charge in [-0.3, -0.25) is 9.08 Å². The molecule has 0 radical (unpaired) electrons. The minimum Gasteiger partial charge on any atom is -0.726 e. The van der Waals surface area contributed by atoms with Crippen LogP contribution in [0.5, 0.6) is 0 Å². The van der Waals surface area contributed by atoms with Gasteiger partial charge in [0.2, 0.25) is 10.4 Å². The first-order valence-electron chi connectivity index (χ1n) is 6.64. The Bertz CT molecular complexity index is 334. The van der Waals surface area contributed by atoms with Crippen molar-refractivity contribution < 1.29 is 27.2 Å². The van der Waals surface area contributed by atoms with Gasteiger partial charge in [-0.1, -0.05) is 13.8 Å². The van der Waals surface area contributed by atoms with E-state index in [9.17, 15) is 18.1 Å². The van der Waals surface area contributed by atoms with Crippen LogP contribution in [0.1, 0.15) is 34.1 Å². The van der Waals surface area contributed by atoms with Crippen molar-refractivity contribution in [1.29, 1.82) is 0 Å². The molecule has 8 heteroatoms. The van der Waals surface area contributed by atoms with Crippen molar-refractivity contribution in [3.63, 3.8) is 0 Å². The van der Waals surface area contributed by atoms with Crippen molar-refractivity contribution >= 4 is 10.4 Å². The third-order valence-electron chi connectivity index (χ3n) is 3.15. The van der Waals surface area contributed by atoms with Gasteiger partial charge < -0.3 is 9.66 Å². The monoisotopic (exact) mass is 298 g/mol. The normalized spacial score (nSPS) is 25.8. The topological polar surface area (TPSA) is 94.3 Å². The molecule has 0 spiro atoms. The number of hydrogen-bond acceptors (Lipinski definition) is 6. The van der Waals surface area contributed by atoms with Crippen molar-refractivity contribution in [2.75, 3.05) is 26.2 Å². The van der Waals surface area contributed by atoms with E-state index in [2.05, 4.69) is 22.9 Å². The molecule has 2 N–H and O–H groups in total. The third-order valence-corrected chi connectivity index (χ3v) is 3.67. The molecule has 19 heavy (non-hydrogen) atoms. The number of nitrogens with one attached hydrogen (secondary N) is 1. The summed E-state index contributed by atoms with van der Waals surface area (Å²) in [6, 6.07) is 0. The van der Waals surface area contributed by atoms with E-state index in [1.165, 1.54) is 11.8 Å². The minimum atomic E-state index is -4.42. The lowest BCUT2D eigenvalue weighted by molar-refractivity contribution is -0.961. The van der Waals surface area contributed by atoms with E-state index in [0.29, 0.717) is 6.17 Å². The van der Waals surface area contributed by atoms with Crippen LogP contribution in [-0.2, 0) is 14.6 Å². The van der Waals surface area contributed by atoms with Gasteiger partial charge in [-0.05, 0) is 6.92 Å². The molecule has 0 aromatic carbocycles. The van der Waals surface area contributed by atoms with Crippen LogP contribution in [0.15, 0.2) is 0 Å². The molecule has 1 aliphatic heterocycles. The predicted octanol–water partition coefficient (Wildman–Crippen LogP) is -1.24. The highest BCUT2D eigenvalue weighted by Gasteiger charge is 2.35. The molecule has 116 valence electrons. The molecule has 3 unspecified atom stereocenters. The van der Waals surface area contributed by atoms with Crippen LogP contribution >= 0.6 is 0 Å². The van der Waals surface area contributed by atoms with Gasteiger partial charge in [0.1, 0.15) is 6.17 Å². The fourth-order valence-corrected chi connectivity index (χ4v) is 2.65. The smallest absolute Gasteiger partial charge is 0.217 e. The van der Waals surface area contributed by atoms with Crippen molar-refractivity contribution in [3.05, 3.63) is 0 Å². The third kappa shape index (κ3) is 7.19. The molecule has 1 saturated heterocycles. The van der Waals surface area contributed by atoms with Crippen molar-refractivity contribution in [1.82, 2.24) is 4.90 Å². The van der Waals surface area contributed by atoms with Crippen molar-refractivity contribution in [3.8, 4) is 0 Å². The summed E-state index contributed by atoms with van der Waals surface area (Å²) < 4.78 is 32.0. The predicted molar refractivity (Wildman–Crippen MR) is 70.2 cm³/mol. The summed E-state index contributed by atoms with van der Waals surface area (Å²) in [5, 5.41) is 9.50. The summed E-state index contributed by atoms with van der Waals surface area (Å²) in [5.74, 6) is 0. The number of nitrogens with zero attached hydrogens (tertiary/aromatic N) is 1. The molecule has 0 aromatic rings. The van der Waals surface area contributed by atoms with E-state index in [1.54, 1.807) is 0 Å². The molecule has 0 saturated carbocycles. The highest BCUT2D eigenvalue weighted by atomic mass is 32.3. The Kier molecular flexibility index (Phi) is 8.71. The number of rotatable bonds is 5. The lowest BCUT2D eigenvalue weighted by Crippen LogP contribution is -3.17. The first kappa shape index (κ1) is 18.8. The van der Waals surface area contributed by atoms with E-state index in [4.69, 9.17) is 0 Å². The Hall–Kier alpha value is -0.250. The van der Waals surface area contributed by atoms with Crippen molar-refractivity contribution in [2.24, 2.45) is 0 Å². The maximum Gasteiger partial charge on any atom is 0.217 e. The van der Waals surface area contributed by atoms with Gasteiger partial charge in [0.25, 0.3) is 0 Å². The van der Waals surface area contributed by atoms with E-state index < -0.39 is 10.4 Å². The second-order valence-corrected chi connectivity index (χ2v) is 5.42. The van der Waals surface area contributed by atoms with Crippen LogP contribution < -0.4 is 4.90 Å². The molecule has 3 atom stereocenters. The average Bonchev–Trinajstić information content (AvgIpc) is 2.70. The highest BCUT2D eigenvalue weighted by Crippen LogP contribution is 2.01. The number of hydrogen-bond donors (Lipinski definition) is 2. The van der Waals surface area contributed by atoms with E-state index in [1.807, 2.05) is 6.92 Å². The summed E-state index contributed by atoms with van der Waals surface area (Å²) in [5.41, 5.74) is 0. The van der Waals surface area contributed by atoms with Gasteiger partial charge in [0.15, 0.2) is 6.23 Å². The molecule has 0 bridgehead atoms. The fourth-order valence-electron chi connectivity index (χ4n) is 2.36. The van der Waals surface area contributed by atoms with Gasteiger partial charge in [0, 0.05) is 19.9 Å². The lowest BCUT2D eigenvalue weighted by atomic mass is 10.3. The van der Waals surface area contributed by atoms with E-state index in [-0.39, 0.29) is 12.8 Å². The molecule has 7 nitrogen and oxygen atoms in total. The average molecular weight is 298 g/mol. The second-order valence-electron chi connectivity index (χ2n) is 4.37. The fraction of sp³-hybridized carbons (Fsp3) is 1.00. The summed E-state index contributed by atoms with van der Waals surface area (Å²) in [6.45, 7) is 10.9. The van der Waals surface area contributed by atoms with Gasteiger partial charge in [0.05, 0.1) is 19.7 Å². The molecule has 0 amide bonds. The van der Waals surface area contributed by atoms with Gasteiger partial charge >= 0.3 is 0 Å². The first-order chi connectivity index (χ1) is 8.76. The largest absolute Gasteiger partial charge is 0.726 e. The molecule has 1 fully saturated rings. The van der Waals surface area contributed by atoms with E-state index >= 15 is 0 Å². The first-order valence-corrected chi connectivity index (χ1v) is 7.98. The summed E-state index contributed by atoms with van der Waals surface area (Å²) in [7, 11) is -4.42. The Balaban J connectivity index is 0.000000399. The molecular weight excluding hydrogens is 272 g/mol. The van der Waals surface area contributed by atoms with Crippen LogP contribution in [0.3, 0.4) is 0 Å². The Morgan fingerprint density at radius 2 is 2.05 bits per heavy atom. The second kappa shape index (κ2) is 8.83. The van der Waals surface area contributed by atoms with Crippen LogP contribution in [-0.4, -0.2) is 61.6 Å². The van der Waals surface area contributed by atoms with Crippen molar-refractivity contribution in [2.45, 2.75) is 46.5 Å². The standard InChI is InChI=1S/C9H20N2O.C2H6O4S/c1-4-9-10(5-2)6-7-11(9)8(3)12;1-2-6-7(3,4)5/h8-9,12H,4-7H2,1-3H3;2H2,1H3,(H,3,4,5). The van der Waals surface area contributed by atoms with Crippen LogP contribution in [0.4, 0.5) is 0 Å². The molecule has 1 aliphatic rings. The number of aliphatic hydroxyl groups excluding tert-OH is 1. The summed E-state index contributed by atoms with van der Waals surface area (Å²) in [4.78, 5) is 3.78. The summed E-state index contributed by atoms with van der Waals surface area (Å²) >= 11 is 0. The number of quaternary nitrogens is 1. The minimum absolute atomic E-state index is 0.0914. The van der Waals surface area contributed by atoms with Gasteiger partial charge in [-0.15, -0.1) is 0 Å². The Morgan fingerprint density at radius 1 is 1.47 bits per heavy atom. The maximum atomic E-state index is 9.50. The van der Waals surface area contributed by atoms with Crippen LogP contribution in [0, 0.1) is 0 Å². The molecule has 1 heterocycles. The Morgan fingerprint density at radius 3 is 2.32 bits per heavy atom. The maximum absolute atomic E-state index is 9.50. The quantitative estimate of drug-likeness (QED) is 0.487. The lowest BCUT2D eigenvalue weighted by Gasteiger charge is -2.26. The molecule has 0 aromatic heterocycles. The SMILES string of the molecule is CCC1N(CC)CC[NH+]1C(C)O.CCOS(=O)(=O)[O-]. The number of likely N-dealkylation sites (N-methyl/N-ethyl adjacent to an activating group) is 1. The van der Waals surface area contributed by atoms with Crippen LogP contribution in [0.2, 0.25) is 0 Å². The van der Waals surface area contributed by atoms with Gasteiger partial charge in [-0.25, -0.2) is 13.3 Å². The zero-order valence-corrected chi connectivity index (χ0v) is 12.9. The molecular formula is C11H26N2O5S. The zero-order valence-electron chi connectivity index (χ0n) is 12.1. The Labute approximate surface area is 116 Å². The number of aliphatic hydroxyl groups is 1. The highest BCUT2D eigenvalue weighted by molar-refractivity contribution is 7.80. The van der Waals surface area contributed by atoms with Crippen LogP contribution in [0.25, 0.3) is 0 Å².